The number of fused-ring (bicyclic) bond motifs is 1. The van der Waals surface area contributed by atoms with Crippen molar-refractivity contribution in [2.24, 2.45) is 0 Å². The maximum atomic E-state index is 5.01. The molecule has 27 heavy (non-hydrogen) atoms. The molecule has 1 fully saturated rings. The van der Waals surface area contributed by atoms with E-state index >= 15 is 0 Å². The molecule has 0 saturated carbocycles. The molecular formula is C22H29N5. The zero-order chi connectivity index (χ0) is 18.8. The Morgan fingerprint density at radius 2 is 1.74 bits per heavy atom. The van der Waals surface area contributed by atoms with E-state index < -0.39 is 0 Å². The molecule has 0 bridgehead atoms. The van der Waals surface area contributed by atoms with E-state index in [0.29, 0.717) is 0 Å². The highest BCUT2D eigenvalue weighted by atomic mass is 15.4. The summed E-state index contributed by atoms with van der Waals surface area (Å²) in [6, 6.07) is 12.8. The van der Waals surface area contributed by atoms with E-state index in [2.05, 4.69) is 71.5 Å². The highest BCUT2D eigenvalue weighted by molar-refractivity contribution is 5.81. The summed E-state index contributed by atoms with van der Waals surface area (Å²) in [5.74, 6) is 1.18. The molecule has 1 saturated heterocycles. The Hall–Kier alpha value is -2.40. The second kappa shape index (κ2) is 7.69. The van der Waals surface area contributed by atoms with Gasteiger partial charge in [0.1, 0.15) is 5.82 Å². The number of aryl methyl sites for hydroxylation is 2. The molecule has 4 rings (SSSR count). The molecule has 3 aromatic rings. The van der Waals surface area contributed by atoms with Gasteiger partial charge in [0.25, 0.3) is 0 Å². The Balaban J connectivity index is 1.84. The monoisotopic (exact) mass is 363 g/mol. The summed E-state index contributed by atoms with van der Waals surface area (Å²) in [4.78, 5) is 9.99. The third kappa shape index (κ3) is 3.44. The van der Waals surface area contributed by atoms with Crippen LogP contribution in [0.4, 0.5) is 5.82 Å². The minimum Gasteiger partial charge on any atom is -0.354 e. The SMILES string of the molecule is CCCc1cc(N2CCN(CC)CC2)n2nc(C)c(-c3ccccc3)c2n1. The fraction of sp³-hybridized carbons (Fsp3) is 0.455. The normalized spacial score (nSPS) is 15.6. The molecule has 0 unspecified atom stereocenters. The van der Waals surface area contributed by atoms with Gasteiger partial charge in [-0.1, -0.05) is 50.6 Å². The van der Waals surface area contributed by atoms with Crippen molar-refractivity contribution in [1.29, 1.82) is 0 Å². The molecule has 0 spiro atoms. The maximum absolute atomic E-state index is 5.01. The second-order valence-corrected chi connectivity index (χ2v) is 7.34. The second-order valence-electron chi connectivity index (χ2n) is 7.34. The van der Waals surface area contributed by atoms with Gasteiger partial charge in [-0.15, -0.1) is 0 Å². The Labute approximate surface area is 161 Å². The standard InChI is InChI=1S/C22H29N5/c1-4-9-19-16-20(26-14-12-25(5-2)13-15-26)27-22(23-19)21(17(3)24-27)18-10-7-6-8-11-18/h6-8,10-11,16H,4-5,9,12-15H2,1-3H3. The fourth-order valence-electron chi connectivity index (χ4n) is 4.00. The fourth-order valence-corrected chi connectivity index (χ4v) is 4.00. The number of likely N-dealkylation sites (N-methyl/N-ethyl adjacent to an activating group) is 1. The number of benzene rings is 1. The first-order chi connectivity index (χ1) is 13.2. The Morgan fingerprint density at radius 1 is 1.00 bits per heavy atom. The number of nitrogens with zero attached hydrogens (tertiary/aromatic N) is 5. The molecule has 5 heteroatoms. The van der Waals surface area contributed by atoms with Gasteiger partial charge in [-0.05, 0) is 25.5 Å². The summed E-state index contributed by atoms with van der Waals surface area (Å²) in [5.41, 5.74) is 5.53. The highest BCUT2D eigenvalue weighted by Crippen LogP contribution is 2.30. The van der Waals surface area contributed by atoms with Gasteiger partial charge in [-0.25, -0.2) is 4.98 Å². The van der Waals surface area contributed by atoms with E-state index in [-0.39, 0.29) is 0 Å². The number of piperazine rings is 1. The van der Waals surface area contributed by atoms with Gasteiger partial charge < -0.3 is 9.80 Å². The van der Waals surface area contributed by atoms with Crippen LogP contribution in [0.2, 0.25) is 0 Å². The minimum absolute atomic E-state index is 0.984. The van der Waals surface area contributed by atoms with Crippen LogP contribution in [0.25, 0.3) is 16.8 Å². The smallest absolute Gasteiger partial charge is 0.165 e. The Morgan fingerprint density at radius 3 is 2.41 bits per heavy atom. The van der Waals surface area contributed by atoms with E-state index in [1.165, 1.54) is 11.4 Å². The van der Waals surface area contributed by atoms with Crippen LogP contribution in [-0.4, -0.2) is 52.2 Å². The number of hydrogen-bond donors (Lipinski definition) is 0. The average molecular weight is 364 g/mol. The average Bonchev–Trinajstić information content (AvgIpc) is 3.04. The zero-order valence-electron chi connectivity index (χ0n) is 16.6. The van der Waals surface area contributed by atoms with Crippen molar-refractivity contribution in [2.75, 3.05) is 37.6 Å². The number of aromatic nitrogens is 3. The molecule has 0 aliphatic carbocycles. The highest BCUT2D eigenvalue weighted by Gasteiger charge is 2.22. The van der Waals surface area contributed by atoms with Crippen molar-refractivity contribution < 1.29 is 0 Å². The molecule has 3 heterocycles. The summed E-state index contributed by atoms with van der Waals surface area (Å²) in [7, 11) is 0. The largest absolute Gasteiger partial charge is 0.354 e. The van der Waals surface area contributed by atoms with Crippen LogP contribution in [0.5, 0.6) is 0 Å². The predicted octanol–water partition coefficient (Wildman–Crippen LogP) is 3.80. The van der Waals surface area contributed by atoms with E-state index in [1.807, 2.05) is 0 Å². The van der Waals surface area contributed by atoms with E-state index in [1.54, 1.807) is 0 Å². The van der Waals surface area contributed by atoms with Gasteiger partial charge in [-0.2, -0.15) is 9.61 Å². The van der Waals surface area contributed by atoms with Crippen LogP contribution in [-0.2, 0) is 6.42 Å². The lowest BCUT2D eigenvalue weighted by molar-refractivity contribution is 0.270. The molecular weight excluding hydrogens is 334 g/mol. The van der Waals surface area contributed by atoms with Crippen LogP contribution in [0.3, 0.4) is 0 Å². The maximum Gasteiger partial charge on any atom is 0.165 e. The number of anilines is 1. The zero-order valence-corrected chi connectivity index (χ0v) is 16.6. The quantitative estimate of drug-likeness (QED) is 0.691. The summed E-state index contributed by atoms with van der Waals surface area (Å²) in [6.45, 7) is 12.0. The lowest BCUT2D eigenvalue weighted by atomic mass is 10.1. The van der Waals surface area contributed by atoms with Crippen LogP contribution >= 0.6 is 0 Å². The molecule has 1 aromatic carbocycles. The number of rotatable bonds is 5. The van der Waals surface area contributed by atoms with Crippen molar-refractivity contribution in [2.45, 2.75) is 33.6 Å². The number of hydrogen-bond acceptors (Lipinski definition) is 4. The molecule has 142 valence electrons. The van der Waals surface area contributed by atoms with E-state index in [0.717, 1.165) is 68.2 Å². The van der Waals surface area contributed by atoms with Crippen molar-refractivity contribution in [3.05, 3.63) is 47.8 Å². The molecule has 2 aromatic heterocycles. The summed E-state index contributed by atoms with van der Waals surface area (Å²) < 4.78 is 2.07. The van der Waals surface area contributed by atoms with Gasteiger partial charge in [0.2, 0.25) is 0 Å². The van der Waals surface area contributed by atoms with Crippen LogP contribution in [0.1, 0.15) is 31.7 Å². The molecule has 1 aliphatic heterocycles. The first kappa shape index (κ1) is 18.0. The minimum atomic E-state index is 0.984. The Bertz CT molecular complexity index is 907. The lowest BCUT2D eigenvalue weighted by Gasteiger charge is -2.35. The molecule has 0 atom stereocenters. The first-order valence-electron chi connectivity index (χ1n) is 10.1. The third-order valence-corrected chi connectivity index (χ3v) is 5.51. The van der Waals surface area contributed by atoms with E-state index in [4.69, 9.17) is 10.1 Å². The molecule has 0 amide bonds. The van der Waals surface area contributed by atoms with Gasteiger partial charge in [0, 0.05) is 43.5 Å². The first-order valence-corrected chi connectivity index (χ1v) is 10.1. The van der Waals surface area contributed by atoms with Crippen molar-refractivity contribution in [1.82, 2.24) is 19.5 Å². The third-order valence-electron chi connectivity index (χ3n) is 5.51. The van der Waals surface area contributed by atoms with Crippen LogP contribution in [0.15, 0.2) is 36.4 Å². The predicted molar refractivity (Wildman–Crippen MR) is 111 cm³/mol. The van der Waals surface area contributed by atoms with Crippen LogP contribution in [0, 0.1) is 6.92 Å². The molecule has 0 N–H and O–H groups in total. The summed E-state index contributed by atoms with van der Waals surface area (Å²) in [6.07, 6.45) is 2.09. The Kier molecular flexibility index (Phi) is 5.12. The molecule has 1 aliphatic rings. The van der Waals surface area contributed by atoms with E-state index in [9.17, 15) is 0 Å². The topological polar surface area (TPSA) is 36.7 Å². The van der Waals surface area contributed by atoms with Crippen LogP contribution < -0.4 is 4.90 Å². The van der Waals surface area contributed by atoms with Gasteiger partial charge >= 0.3 is 0 Å². The van der Waals surface area contributed by atoms with Crippen molar-refractivity contribution >= 4 is 11.5 Å². The van der Waals surface area contributed by atoms with Gasteiger partial charge in [0.05, 0.1) is 5.69 Å². The molecule has 0 radical (unpaired) electrons. The molecule has 5 nitrogen and oxygen atoms in total. The van der Waals surface area contributed by atoms with Crippen molar-refractivity contribution in [3.8, 4) is 11.1 Å². The summed E-state index contributed by atoms with van der Waals surface area (Å²) in [5, 5.41) is 4.90. The lowest BCUT2D eigenvalue weighted by Crippen LogP contribution is -2.46. The summed E-state index contributed by atoms with van der Waals surface area (Å²) >= 11 is 0. The van der Waals surface area contributed by atoms with Gasteiger partial charge in [-0.3, -0.25) is 0 Å². The van der Waals surface area contributed by atoms with Gasteiger partial charge in [0.15, 0.2) is 5.65 Å². The van der Waals surface area contributed by atoms with Crippen molar-refractivity contribution in [3.63, 3.8) is 0 Å².